The van der Waals surface area contributed by atoms with Crippen LogP contribution in [0.25, 0.3) is 0 Å². The molecule has 1 unspecified atom stereocenters. The van der Waals surface area contributed by atoms with Gasteiger partial charge in [0, 0.05) is 8.95 Å². The lowest BCUT2D eigenvalue weighted by atomic mass is 9.87. The molecule has 0 spiro atoms. The van der Waals surface area contributed by atoms with Gasteiger partial charge in [-0.2, -0.15) is 0 Å². The molecule has 1 aromatic carbocycles. The number of carbonyl (C=O) groups is 1. The molecule has 0 fully saturated rings. The minimum Gasteiger partial charge on any atom is -0.323 e. The Labute approximate surface area is 125 Å². The van der Waals surface area contributed by atoms with Crippen molar-refractivity contribution in [3.63, 3.8) is 0 Å². The minimum atomic E-state index is -0.558. The van der Waals surface area contributed by atoms with Crippen molar-refractivity contribution in [3.05, 3.63) is 26.6 Å². The topological polar surface area (TPSA) is 55.1 Å². The Morgan fingerprint density at radius 3 is 2.11 bits per heavy atom. The van der Waals surface area contributed by atoms with E-state index in [1.165, 1.54) is 0 Å². The molecule has 0 saturated carbocycles. The first-order chi connectivity index (χ1) is 8.12. The molecular formula is C13H18Br2N2O. The van der Waals surface area contributed by atoms with Crippen LogP contribution in [0.1, 0.15) is 26.3 Å². The van der Waals surface area contributed by atoms with Gasteiger partial charge in [-0.05, 0) is 61.9 Å². The van der Waals surface area contributed by atoms with E-state index in [1.54, 1.807) is 0 Å². The summed E-state index contributed by atoms with van der Waals surface area (Å²) >= 11 is 6.88. The van der Waals surface area contributed by atoms with Gasteiger partial charge >= 0.3 is 0 Å². The van der Waals surface area contributed by atoms with Crippen molar-refractivity contribution in [1.29, 1.82) is 0 Å². The minimum absolute atomic E-state index is 0.187. The van der Waals surface area contributed by atoms with Crippen LogP contribution in [0.4, 0.5) is 5.69 Å². The number of nitrogens with one attached hydrogen (secondary N) is 1. The van der Waals surface area contributed by atoms with Crippen molar-refractivity contribution in [2.75, 3.05) is 5.32 Å². The first-order valence-electron chi connectivity index (χ1n) is 5.65. The molecule has 1 amide bonds. The predicted octanol–water partition coefficient (Wildman–Crippen LogP) is 3.83. The first kappa shape index (κ1) is 15.7. The fraction of sp³-hybridized carbons (Fsp3) is 0.462. The molecule has 3 nitrogen and oxygen atoms in total. The first-order valence-corrected chi connectivity index (χ1v) is 7.23. The van der Waals surface area contributed by atoms with Crippen LogP contribution in [0.15, 0.2) is 21.1 Å². The molecule has 3 N–H and O–H groups in total. The second kappa shape index (κ2) is 5.72. The second-order valence-electron chi connectivity index (χ2n) is 5.44. The molecule has 0 aliphatic carbocycles. The van der Waals surface area contributed by atoms with E-state index < -0.39 is 6.04 Å². The Morgan fingerprint density at radius 1 is 1.28 bits per heavy atom. The lowest BCUT2D eigenvalue weighted by molar-refractivity contribution is -0.119. The van der Waals surface area contributed by atoms with E-state index >= 15 is 0 Å². The van der Waals surface area contributed by atoms with E-state index in [9.17, 15) is 4.79 Å². The molecule has 0 heterocycles. The summed E-state index contributed by atoms with van der Waals surface area (Å²) in [5.41, 5.74) is 7.48. The molecule has 100 valence electrons. The highest BCUT2D eigenvalue weighted by molar-refractivity contribution is 9.11. The Balaban J connectivity index is 2.96. The maximum absolute atomic E-state index is 12.1. The van der Waals surface area contributed by atoms with Gasteiger partial charge < -0.3 is 11.1 Å². The van der Waals surface area contributed by atoms with Gasteiger partial charge in [0.25, 0.3) is 0 Å². The Morgan fingerprint density at radius 2 is 1.72 bits per heavy atom. The lowest BCUT2D eigenvalue weighted by Gasteiger charge is -2.26. The molecule has 0 radical (unpaired) electrons. The van der Waals surface area contributed by atoms with Crippen LogP contribution in [0, 0.1) is 12.3 Å². The molecule has 18 heavy (non-hydrogen) atoms. The zero-order valence-electron chi connectivity index (χ0n) is 11.0. The molecule has 1 atom stereocenters. The number of benzene rings is 1. The number of rotatable bonds is 2. The van der Waals surface area contributed by atoms with Crippen molar-refractivity contribution in [2.45, 2.75) is 33.7 Å². The largest absolute Gasteiger partial charge is 0.323 e. The van der Waals surface area contributed by atoms with Gasteiger partial charge in [-0.25, -0.2) is 0 Å². The predicted molar refractivity (Wildman–Crippen MR) is 82.6 cm³/mol. The van der Waals surface area contributed by atoms with Crippen molar-refractivity contribution in [1.82, 2.24) is 0 Å². The summed E-state index contributed by atoms with van der Waals surface area (Å²) in [5.74, 6) is -0.187. The quantitative estimate of drug-likeness (QED) is 0.822. The lowest BCUT2D eigenvalue weighted by Crippen LogP contribution is -2.45. The zero-order chi connectivity index (χ0) is 14.1. The fourth-order valence-corrected chi connectivity index (χ4v) is 3.03. The SMILES string of the molecule is Cc1cc(Br)c(NC(=O)C(N)C(C)(C)C)c(Br)c1. The maximum atomic E-state index is 12.1. The van der Waals surface area contributed by atoms with Gasteiger partial charge in [-0.15, -0.1) is 0 Å². The molecule has 0 bridgehead atoms. The molecule has 1 rings (SSSR count). The van der Waals surface area contributed by atoms with Crippen LogP contribution in [-0.2, 0) is 4.79 Å². The van der Waals surface area contributed by atoms with Crippen LogP contribution in [0.2, 0.25) is 0 Å². The van der Waals surface area contributed by atoms with Crippen LogP contribution in [-0.4, -0.2) is 11.9 Å². The standard InChI is InChI=1S/C13H18Br2N2O/c1-7-5-8(14)10(9(15)6-7)17-12(18)11(16)13(2,3)4/h5-6,11H,16H2,1-4H3,(H,17,18). The van der Waals surface area contributed by atoms with Gasteiger partial charge in [-0.1, -0.05) is 20.8 Å². The van der Waals surface area contributed by atoms with Gasteiger partial charge in [0.2, 0.25) is 5.91 Å². The second-order valence-corrected chi connectivity index (χ2v) is 7.15. The van der Waals surface area contributed by atoms with Crippen molar-refractivity contribution in [3.8, 4) is 0 Å². The normalized spacial score (nSPS) is 13.3. The van der Waals surface area contributed by atoms with Crippen molar-refractivity contribution >= 4 is 43.5 Å². The third-order valence-corrected chi connectivity index (χ3v) is 3.90. The highest BCUT2D eigenvalue weighted by atomic mass is 79.9. The number of anilines is 1. The van der Waals surface area contributed by atoms with E-state index in [0.717, 1.165) is 14.5 Å². The van der Waals surface area contributed by atoms with Gasteiger partial charge in [0.15, 0.2) is 0 Å². The Hall–Kier alpha value is -0.390. The maximum Gasteiger partial charge on any atom is 0.241 e. The third-order valence-electron chi connectivity index (χ3n) is 2.65. The molecule has 0 saturated heterocycles. The number of nitrogens with two attached hydrogens (primary N) is 1. The Kier molecular flexibility index (Phi) is 4.98. The summed E-state index contributed by atoms with van der Waals surface area (Å²) < 4.78 is 1.67. The van der Waals surface area contributed by atoms with E-state index in [0.29, 0.717) is 5.69 Å². The number of hydrogen-bond acceptors (Lipinski definition) is 2. The highest BCUT2D eigenvalue weighted by Gasteiger charge is 2.28. The summed E-state index contributed by atoms with van der Waals surface area (Å²) in [5, 5.41) is 2.85. The average molecular weight is 378 g/mol. The summed E-state index contributed by atoms with van der Waals surface area (Å²) in [6.45, 7) is 7.81. The van der Waals surface area contributed by atoms with Gasteiger partial charge in [0.05, 0.1) is 11.7 Å². The number of halogens is 2. The smallest absolute Gasteiger partial charge is 0.241 e. The number of aryl methyl sites for hydroxylation is 1. The van der Waals surface area contributed by atoms with Crippen LogP contribution >= 0.6 is 31.9 Å². The number of carbonyl (C=O) groups excluding carboxylic acids is 1. The number of amides is 1. The average Bonchev–Trinajstić information content (AvgIpc) is 2.20. The Bertz CT molecular complexity index is 444. The number of hydrogen-bond donors (Lipinski definition) is 2. The van der Waals surface area contributed by atoms with Crippen molar-refractivity contribution in [2.24, 2.45) is 11.1 Å². The summed E-state index contributed by atoms with van der Waals surface area (Å²) in [4.78, 5) is 12.1. The monoisotopic (exact) mass is 376 g/mol. The zero-order valence-corrected chi connectivity index (χ0v) is 14.1. The van der Waals surface area contributed by atoms with Gasteiger partial charge in [0.1, 0.15) is 0 Å². The summed E-state index contributed by atoms with van der Waals surface area (Å²) in [6, 6.07) is 3.34. The van der Waals surface area contributed by atoms with E-state index in [4.69, 9.17) is 5.73 Å². The molecule has 0 aliphatic rings. The molecule has 0 aliphatic heterocycles. The van der Waals surface area contributed by atoms with E-state index in [1.807, 2.05) is 39.8 Å². The molecular weight excluding hydrogens is 360 g/mol. The third kappa shape index (κ3) is 3.80. The molecule has 5 heteroatoms. The summed E-state index contributed by atoms with van der Waals surface area (Å²) in [7, 11) is 0. The van der Waals surface area contributed by atoms with E-state index in [-0.39, 0.29) is 11.3 Å². The molecule has 0 aromatic heterocycles. The highest BCUT2D eigenvalue weighted by Crippen LogP contribution is 2.32. The van der Waals surface area contributed by atoms with Gasteiger partial charge in [-0.3, -0.25) is 4.79 Å². The van der Waals surface area contributed by atoms with E-state index in [2.05, 4.69) is 37.2 Å². The van der Waals surface area contributed by atoms with Crippen molar-refractivity contribution < 1.29 is 4.79 Å². The van der Waals surface area contributed by atoms with Crippen LogP contribution in [0.5, 0.6) is 0 Å². The van der Waals surface area contributed by atoms with Crippen LogP contribution < -0.4 is 11.1 Å². The fourth-order valence-electron chi connectivity index (χ4n) is 1.41. The summed E-state index contributed by atoms with van der Waals surface area (Å²) in [6.07, 6.45) is 0. The van der Waals surface area contributed by atoms with Crippen LogP contribution in [0.3, 0.4) is 0 Å². The molecule has 1 aromatic rings.